The van der Waals surface area contributed by atoms with Crippen LogP contribution in [0, 0.1) is 0 Å². The third kappa shape index (κ3) is 3.55. The molecule has 0 unspecified atom stereocenters. The van der Waals surface area contributed by atoms with Gasteiger partial charge in [0.15, 0.2) is 14.6 Å². The maximum atomic E-state index is 12.6. The molecule has 1 heterocycles. The molecule has 7 nitrogen and oxygen atoms in total. The molecule has 0 aliphatic heterocycles. The lowest BCUT2D eigenvalue weighted by Gasteiger charge is -2.06. The number of aryl methyl sites for hydroxylation is 1. The quantitative estimate of drug-likeness (QED) is 0.633. The maximum Gasteiger partial charge on any atom is 0.279 e. The summed E-state index contributed by atoms with van der Waals surface area (Å²) in [6, 6.07) is 9.41. The Bertz CT molecular complexity index is 1210. The molecule has 2 aromatic carbocycles. The van der Waals surface area contributed by atoms with E-state index >= 15 is 0 Å². The van der Waals surface area contributed by atoms with Crippen molar-refractivity contribution in [3.63, 3.8) is 0 Å². The highest BCUT2D eigenvalue weighted by atomic mass is 32.2. The average Bonchev–Trinajstić information content (AvgIpc) is 3.03. The largest absolute Gasteiger partial charge is 0.495 e. The molecule has 0 aliphatic carbocycles. The number of thiazole rings is 1. The summed E-state index contributed by atoms with van der Waals surface area (Å²) in [7, 11) is 1.64. The zero-order chi connectivity index (χ0) is 20.5. The highest BCUT2D eigenvalue weighted by molar-refractivity contribution is 7.91. The van der Waals surface area contributed by atoms with Crippen molar-refractivity contribution in [2.45, 2.75) is 11.8 Å². The lowest BCUT2D eigenvalue weighted by molar-refractivity contribution is 0.0998. The van der Waals surface area contributed by atoms with Crippen molar-refractivity contribution < 1.29 is 22.7 Å². The molecule has 148 valence electrons. The fourth-order valence-corrected chi connectivity index (χ4v) is 4.76. The van der Waals surface area contributed by atoms with Crippen molar-refractivity contribution in [3.05, 3.63) is 46.8 Å². The van der Waals surface area contributed by atoms with E-state index in [1.807, 2.05) is 0 Å². The predicted molar refractivity (Wildman–Crippen MR) is 108 cm³/mol. The second kappa shape index (κ2) is 7.76. The first-order valence-electron chi connectivity index (χ1n) is 8.44. The third-order valence-corrected chi connectivity index (χ3v) is 7.25. The molecule has 0 radical (unpaired) electrons. The minimum atomic E-state index is -3.31. The van der Waals surface area contributed by atoms with E-state index in [9.17, 15) is 13.2 Å². The first-order chi connectivity index (χ1) is 13.3. The summed E-state index contributed by atoms with van der Waals surface area (Å²) in [6.45, 7) is 1.58. The number of ether oxygens (including phenoxy) is 2. The second-order valence-electron chi connectivity index (χ2n) is 5.94. The van der Waals surface area contributed by atoms with E-state index in [1.165, 1.54) is 35.6 Å². The highest BCUT2D eigenvalue weighted by Gasteiger charge is 2.16. The van der Waals surface area contributed by atoms with E-state index in [0.717, 1.165) is 10.2 Å². The zero-order valence-electron chi connectivity index (χ0n) is 15.9. The highest BCUT2D eigenvalue weighted by Crippen LogP contribution is 2.34. The van der Waals surface area contributed by atoms with E-state index in [2.05, 4.69) is 4.99 Å². The maximum absolute atomic E-state index is 12.6. The summed E-state index contributed by atoms with van der Waals surface area (Å²) in [5, 5.41) is 0. The Morgan fingerprint density at radius 3 is 2.25 bits per heavy atom. The van der Waals surface area contributed by atoms with Crippen molar-refractivity contribution in [2.24, 2.45) is 12.0 Å². The van der Waals surface area contributed by atoms with Crippen molar-refractivity contribution in [1.82, 2.24) is 4.57 Å². The fourth-order valence-electron chi connectivity index (χ4n) is 2.75. The molecule has 28 heavy (non-hydrogen) atoms. The molecular weight excluding hydrogens is 400 g/mol. The number of carbonyl (C=O) groups is 1. The van der Waals surface area contributed by atoms with Gasteiger partial charge in [-0.15, -0.1) is 0 Å². The minimum Gasteiger partial charge on any atom is -0.495 e. The number of fused-ring (bicyclic) bond motifs is 1. The van der Waals surface area contributed by atoms with Gasteiger partial charge in [-0.2, -0.15) is 4.99 Å². The molecule has 0 aliphatic rings. The lowest BCUT2D eigenvalue weighted by atomic mass is 10.2. The Morgan fingerprint density at radius 1 is 1.07 bits per heavy atom. The van der Waals surface area contributed by atoms with Crippen LogP contribution >= 0.6 is 11.3 Å². The molecule has 1 aromatic heterocycles. The Morgan fingerprint density at radius 2 is 1.68 bits per heavy atom. The second-order valence-corrected chi connectivity index (χ2v) is 9.19. The Kier molecular flexibility index (Phi) is 5.57. The molecule has 9 heteroatoms. The predicted octanol–water partition coefficient (Wildman–Crippen LogP) is 2.79. The number of hydrogen-bond donors (Lipinski definition) is 0. The van der Waals surface area contributed by atoms with Crippen LogP contribution in [0.15, 0.2) is 46.3 Å². The Balaban J connectivity index is 2.07. The summed E-state index contributed by atoms with van der Waals surface area (Å²) < 4.78 is 37.2. The first-order valence-corrected chi connectivity index (χ1v) is 10.9. The number of amides is 1. The van der Waals surface area contributed by atoms with E-state index < -0.39 is 15.7 Å². The zero-order valence-corrected chi connectivity index (χ0v) is 17.6. The summed E-state index contributed by atoms with van der Waals surface area (Å²) in [5.41, 5.74) is 1.09. The summed E-state index contributed by atoms with van der Waals surface area (Å²) in [6.07, 6.45) is 0. The number of benzene rings is 2. The number of methoxy groups -OCH3 is 2. The van der Waals surface area contributed by atoms with Crippen molar-refractivity contribution in [2.75, 3.05) is 20.0 Å². The standard InChI is InChI=1S/C19H20N2O5S2/c1-5-28(23,24)13-8-6-12(7-9-13)18(22)20-19-21(2)16-14(25-3)10-11-15(26-4)17(16)27-19/h6-11H,5H2,1-4H3. The van der Waals surface area contributed by atoms with Gasteiger partial charge in [-0.25, -0.2) is 8.42 Å². The molecular formula is C19H20N2O5S2. The van der Waals surface area contributed by atoms with Gasteiger partial charge in [0.2, 0.25) is 0 Å². The van der Waals surface area contributed by atoms with Gasteiger partial charge in [0.1, 0.15) is 21.7 Å². The average molecular weight is 421 g/mol. The van der Waals surface area contributed by atoms with Crippen molar-refractivity contribution >= 4 is 37.3 Å². The van der Waals surface area contributed by atoms with Gasteiger partial charge in [0, 0.05) is 12.6 Å². The van der Waals surface area contributed by atoms with Gasteiger partial charge < -0.3 is 14.0 Å². The van der Waals surface area contributed by atoms with Crippen LogP contribution in [0.5, 0.6) is 11.5 Å². The molecule has 0 N–H and O–H groups in total. The van der Waals surface area contributed by atoms with Crippen LogP contribution in [0.2, 0.25) is 0 Å². The van der Waals surface area contributed by atoms with Crippen LogP contribution in [-0.4, -0.2) is 38.9 Å². The molecule has 0 fully saturated rings. The first kappa shape index (κ1) is 20.1. The number of carbonyl (C=O) groups excluding carboxylic acids is 1. The number of nitrogens with zero attached hydrogens (tertiary/aromatic N) is 2. The third-order valence-electron chi connectivity index (χ3n) is 4.35. The molecule has 0 saturated heterocycles. The SMILES string of the molecule is CCS(=O)(=O)c1ccc(C(=O)N=c2sc3c(OC)ccc(OC)c3n2C)cc1. The van der Waals surface area contributed by atoms with Crippen LogP contribution in [0.1, 0.15) is 17.3 Å². The fraction of sp³-hybridized carbons (Fsp3) is 0.263. The summed E-state index contributed by atoms with van der Waals surface area (Å²) in [4.78, 5) is 17.5. The van der Waals surface area contributed by atoms with Crippen LogP contribution in [0.4, 0.5) is 0 Å². The smallest absolute Gasteiger partial charge is 0.279 e. The van der Waals surface area contributed by atoms with Crippen molar-refractivity contribution in [3.8, 4) is 11.5 Å². The molecule has 0 saturated carbocycles. The number of hydrogen-bond acceptors (Lipinski definition) is 6. The number of aromatic nitrogens is 1. The molecule has 3 rings (SSSR count). The van der Waals surface area contributed by atoms with E-state index in [0.29, 0.717) is 21.9 Å². The number of rotatable bonds is 5. The molecule has 0 spiro atoms. The van der Waals surface area contributed by atoms with E-state index in [4.69, 9.17) is 9.47 Å². The topological polar surface area (TPSA) is 87.0 Å². The van der Waals surface area contributed by atoms with Crippen LogP contribution < -0.4 is 14.3 Å². The van der Waals surface area contributed by atoms with Crippen LogP contribution in [-0.2, 0) is 16.9 Å². The van der Waals surface area contributed by atoms with E-state index in [1.54, 1.807) is 44.9 Å². The van der Waals surface area contributed by atoms with Gasteiger partial charge in [-0.1, -0.05) is 18.3 Å². The minimum absolute atomic E-state index is 0.00591. The molecule has 0 bridgehead atoms. The monoisotopic (exact) mass is 420 g/mol. The van der Waals surface area contributed by atoms with Gasteiger partial charge >= 0.3 is 0 Å². The van der Waals surface area contributed by atoms with Crippen molar-refractivity contribution in [1.29, 1.82) is 0 Å². The van der Waals surface area contributed by atoms with E-state index in [-0.39, 0.29) is 10.6 Å². The van der Waals surface area contributed by atoms with Gasteiger partial charge in [-0.05, 0) is 36.4 Å². The van der Waals surface area contributed by atoms with Gasteiger partial charge in [0.25, 0.3) is 5.91 Å². The number of sulfone groups is 1. The Labute approximate surface area is 166 Å². The van der Waals surface area contributed by atoms with Gasteiger partial charge in [0.05, 0.1) is 24.9 Å². The lowest BCUT2D eigenvalue weighted by Crippen LogP contribution is -2.13. The van der Waals surface area contributed by atoms with Crippen LogP contribution in [0.3, 0.4) is 0 Å². The summed E-state index contributed by atoms with van der Waals surface area (Å²) in [5.74, 6) is 0.865. The van der Waals surface area contributed by atoms with Gasteiger partial charge in [-0.3, -0.25) is 4.79 Å². The molecule has 3 aromatic rings. The van der Waals surface area contributed by atoms with Crippen LogP contribution in [0.25, 0.3) is 10.2 Å². The molecule has 0 atom stereocenters. The molecule has 1 amide bonds. The summed E-state index contributed by atoms with van der Waals surface area (Å²) >= 11 is 1.31. The Hall–Kier alpha value is -2.65. The normalized spacial score (nSPS) is 12.4.